The Bertz CT molecular complexity index is 462. The quantitative estimate of drug-likeness (QED) is 0.517. The third-order valence-electron chi connectivity index (χ3n) is 3.67. The molecule has 104 valence electrons. The molecular weight excluding hydrogens is 244 g/mol. The Balaban J connectivity index is 2.22. The largest absolute Gasteiger partial charge is 0.482 e. The molecule has 0 heterocycles. The van der Waals surface area contributed by atoms with Gasteiger partial charge in [0, 0.05) is 11.6 Å². The van der Waals surface area contributed by atoms with E-state index in [9.17, 15) is 10.1 Å². The highest BCUT2D eigenvalue weighted by molar-refractivity contribution is 5.52. The van der Waals surface area contributed by atoms with Gasteiger partial charge in [-0.25, -0.2) is 0 Å². The molecule has 0 spiro atoms. The first kappa shape index (κ1) is 13.8. The van der Waals surface area contributed by atoms with Crippen LogP contribution in [0.1, 0.15) is 37.7 Å². The van der Waals surface area contributed by atoms with Gasteiger partial charge in [-0.3, -0.25) is 10.1 Å². The molecule has 2 N–H and O–H groups in total. The minimum absolute atomic E-state index is 0.0392. The number of ether oxygens (including phenoxy) is 1. The molecule has 1 saturated carbocycles. The standard InChI is InChI=1S/C14H20N2O3/c1-10-6-5-9-13(14(10)16(17)18)19-12-8-4-2-3-7-11(12)15/h5-6,9,11-12H,2-4,7-8,15H2,1H3. The highest BCUT2D eigenvalue weighted by Crippen LogP contribution is 2.32. The van der Waals surface area contributed by atoms with Crippen molar-refractivity contribution < 1.29 is 9.66 Å². The maximum atomic E-state index is 11.1. The summed E-state index contributed by atoms with van der Waals surface area (Å²) in [7, 11) is 0. The van der Waals surface area contributed by atoms with Gasteiger partial charge in [-0.2, -0.15) is 0 Å². The molecule has 1 aromatic carbocycles. The van der Waals surface area contributed by atoms with Gasteiger partial charge in [-0.1, -0.05) is 25.0 Å². The van der Waals surface area contributed by atoms with Crippen molar-refractivity contribution in [3.05, 3.63) is 33.9 Å². The van der Waals surface area contributed by atoms with Crippen LogP contribution in [-0.2, 0) is 0 Å². The van der Waals surface area contributed by atoms with Crippen molar-refractivity contribution in [1.82, 2.24) is 0 Å². The summed E-state index contributed by atoms with van der Waals surface area (Å²) in [6.07, 6.45) is 5.00. The van der Waals surface area contributed by atoms with E-state index in [1.165, 1.54) is 0 Å². The van der Waals surface area contributed by atoms with Crippen LogP contribution in [0.4, 0.5) is 5.69 Å². The molecule has 0 bridgehead atoms. The zero-order valence-electron chi connectivity index (χ0n) is 11.2. The number of nitro benzene ring substituents is 1. The number of rotatable bonds is 3. The predicted molar refractivity (Wildman–Crippen MR) is 73.3 cm³/mol. The number of nitro groups is 1. The summed E-state index contributed by atoms with van der Waals surface area (Å²) in [4.78, 5) is 10.7. The molecule has 1 aromatic rings. The van der Waals surface area contributed by atoms with E-state index in [-0.39, 0.29) is 22.8 Å². The van der Waals surface area contributed by atoms with Gasteiger partial charge in [0.25, 0.3) is 0 Å². The normalized spacial score (nSPS) is 23.7. The molecular formula is C14H20N2O3. The Morgan fingerprint density at radius 3 is 2.79 bits per heavy atom. The molecule has 2 rings (SSSR count). The molecule has 1 aliphatic carbocycles. The van der Waals surface area contributed by atoms with Crippen LogP contribution in [0.15, 0.2) is 18.2 Å². The van der Waals surface area contributed by atoms with Gasteiger partial charge in [0.05, 0.1) is 4.92 Å². The minimum Gasteiger partial charge on any atom is -0.482 e. The molecule has 2 atom stereocenters. The van der Waals surface area contributed by atoms with E-state index in [1.54, 1.807) is 25.1 Å². The summed E-state index contributed by atoms with van der Waals surface area (Å²) in [6, 6.07) is 5.11. The lowest BCUT2D eigenvalue weighted by atomic mass is 10.1. The van der Waals surface area contributed by atoms with E-state index in [0.29, 0.717) is 11.3 Å². The van der Waals surface area contributed by atoms with Gasteiger partial charge in [0.15, 0.2) is 5.75 Å². The van der Waals surface area contributed by atoms with Crippen LogP contribution in [0.25, 0.3) is 0 Å². The van der Waals surface area contributed by atoms with Crippen LogP contribution in [0.2, 0.25) is 0 Å². The van der Waals surface area contributed by atoms with Crippen molar-refractivity contribution in [2.75, 3.05) is 0 Å². The molecule has 0 aliphatic heterocycles. The van der Waals surface area contributed by atoms with Crippen LogP contribution in [0, 0.1) is 17.0 Å². The molecule has 0 saturated heterocycles. The van der Waals surface area contributed by atoms with Crippen LogP contribution in [0.5, 0.6) is 5.75 Å². The lowest BCUT2D eigenvalue weighted by Crippen LogP contribution is -2.38. The fourth-order valence-electron chi connectivity index (χ4n) is 2.57. The molecule has 5 heteroatoms. The van der Waals surface area contributed by atoms with Gasteiger partial charge < -0.3 is 10.5 Å². The van der Waals surface area contributed by atoms with Crippen LogP contribution in [-0.4, -0.2) is 17.1 Å². The lowest BCUT2D eigenvalue weighted by molar-refractivity contribution is -0.386. The Labute approximate surface area is 112 Å². The zero-order valence-corrected chi connectivity index (χ0v) is 11.2. The van der Waals surface area contributed by atoms with E-state index < -0.39 is 0 Å². The average Bonchev–Trinajstić information content (AvgIpc) is 2.54. The van der Waals surface area contributed by atoms with Gasteiger partial charge in [0.1, 0.15) is 6.10 Å². The average molecular weight is 264 g/mol. The summed E-state index contributed by atoms with van der Waals surface area (Å²) in [6.45, 7) is 1.72. The molecule has 1 aliphatic rings. The second-order valence-corrected chi connectivity index (χ2v) is 5.14. The number of nitrogens with two attached hydrogens (primary N) is 1. The van der Waals surface area contributed by atoms with Gasteiger partial charge >= 0.3 is 5.69 Å². The van der Waals surface area contributed by atoms with E-state index in [2.05, 4.69) is 0 Å². The summed E-state index contributed by atoms with van der Waals surface area (Å²) in [5.41, 5.74) is 6.77. The number of benzene rings is 1. The van der Waals surface area contributed by atoms with Crippen molar-refractivity contribution in [2.45, 2.75) is 51.2 Å². The molecule has 0 aromatic heterocycles. The molecule has 0 amide bonds. The summed E-state index contributed by atoms with van der Waals surface area (Å²) in [5, 5.41) is 11.1. The highest BCUT2D eigenvalue weighted by Gasteiger charge is 2.26. The van der Waals surface area contributed by atoms with Crippen LogP contribution >= 0.6 is 0 Å². The topological polar surface area (TPSA) is 78.4 Å². The SMILES string of the molecule is Cc1cccc(OC2CCCCCC2N)c1[N+](=O)[O-]. The highest BCUT2D eigenvalue weighted by atomic mass is 16.6. The first-order valence-electron chi connectivity index (χ1n) is 6.76. The third kappa shape index (κ3) is 3.23. The van der Waals surface area contributed by atoms with E-state index in [4.69, 9.17) is 10.5 Å². The van der Waals surface area contributed by atoms with Crippen LogP contribution in [0.3, 0.4) is 0 Å². The van der Waals surface area contributed by atoms with Crippen molar-refractivity contribution in [2.24, 2.45) is 5.73 Å². The predicted octanol–water partition coefficient (Wildman–Crippen LogP) is 2.94. The third-order valence-corrected chi connectivity index (χ3v) is 3.67. The summed E-state index contributed by atoms with van der Waals surface area (Å²) in [5.74, 6) is 0.340. The number of aryl methyl sites for hydroxylation is 1. The Kier molecular flexibility index (Phi) is 4.37. The number of para-hydroxylation sites is 1. The van der Waals surface area contributed by atoms with Crippen molar-refractivity contribution in [1.29, 1.82) is 0 Å². The zero-order chi connectivity index (χ0) is 13.8. The fraction of sp³-hybridized carbons (Fsp3) is 0.571. The number of hydrogen-bond acceptors (Lipinski definition) is 4. The van der Waals surface area contributed by atoms with Crippen molar-refractivity contribution in [3.63, 3.8) is 0 Å². The first-order valence-corrected chi connectivity index (χ1v) is 6.76. The molecule has 0 radical (unpaired) electrons. The van der Waals surface area contributed by atoms with E-state index in [1.807, 2.05) is 0 Å². The number of hydrogen-bond donors (Lipinski definition) is 1. The molecule has 19 heavy (non-hydrogen) atoms. The lowest BCUT2D eigenvalue weighted by Gasteiger charge is -2.22. The summed E-state index contributed by atoms with van der Waals surface area (Å²) >= 11 is 0. The number of nitrogens with zero attached hydrogens (tertiary/aromatic N) is 1. The van der Waals surface area contributed by atoms with Gasteiger partial charge in [0.2, 0.25) is 0 Å². The van der Waals surface area contributed by atoms with Crippen LogP contribution < -0.4 is 10.5 Å². The second-order valence-electron chi connectivity index (χ2n) is 5.14. The Hall–Kier alpha value is -1.62. The fourth-order valence-corrected chi connectivity index (χ4v) is 2.57. The Morgan fingerprint density at radius 2 is 2.05 bits per heavy atom. The maximum Gasteiger partial charge on any atom is 0.313 e. The van der Waals surface area contributed by atoms with Gasteiger partial charge in [-0.15, -0.1) is 0 Å². The summed E-state index contributed by atoms with van der Waals surface area (Å²) < 4.78 is 5.85. The van der Waals surface area contributed by atoms with E-state index in [0.717, 1.165) is 32.1 Å². The Morgan fingerprint density at radius 1 is 1.32 bits per heavy atom. The smallest absolute Gasteiger partial charge is 0.313 e. The molecule has 5 nitrogen and oxygen atoms in total. The minimum atomic E-state index is -0.382. The molecule has 1 fully saturated rings. The molecule has 2 unspecified atom stereocenters. The van der Waals surface area contributed by atoms with Gasteiger partial charge in [-0.05, 0) is 32.3 Å². The van der Waals surface area contributed by atoms with Crippen molar-refractivity contribution in [3.8, 4) is 5.75 Å². The maximum absolute atomic E-state index is 11.1. The first-order chi connectivity index (χ1) is 9.09. The monoisotopic (exact) mass is 264 g/mol. The second kappa shape index (κ2) is 6.02. The van der Waals surface area contributed by atoms with E-state index >= 15 is 0 Å². The van der Waals surface area contributed by atoms with Crippen molar-refractivity contribution >= 4 is 5.69 Å².